The molecule has 0 atom stereocenters. The van der Waals surface area contributed by atoms with Gasteiger partial charge in [-0.25, -0.2) is 0 Å². The van der Waals surface area contributed by atoms with Crippen molar-refractivity contribution in [2.75, 3.05) is 0 Å². The maximum atomic E-state index is 5.42. The molecule has 0 unspecified atom stereocenters. The SMILES string of the molecule is c1ccc(-c2nc(-n3c4ccccc4c4cc(-n5c6ccccc6c6ccccc65)ccc43)nc(-n3c4ccccc4c4cc(-n5c6ccccc6c6ccccc65)ccc43)n2)nc1. The van der Waals surface area contributed by atoms with Crippen molar-refractivity contribution in [2.24, 2.45) is 0 Å². The lowest BCUT2D eigenvalue weighted by molar-refractivity contribution is 0.889. The van der Waals surface area contributed by atoms with Crippen LogP contribution in [0.2, 0.25) is 0 Å². The van der Waals surface area contributed by atoms with Crippen molar-refractivity contribution < 1.29 is 0 Å². The van der Waals surface area contributed by atoms with Gasteiger partial charge in [-0.1, -0.05) is 115 Å². The highest BCUT2D eigenvalue weighted by Crippen LogP contribution is 2.39. The molecule has 0 aliphatic rings. The van der Waals surface area contributed by atoms with Crippen LogP contribution in [0.1, 0.15) is 0 Å². The van der Waals surface area contributed by atoms with Gasteiger partial charge in [0, 0.05) is 60.7 Å². The molecular weight excluding hydrogens is 785 g/mol. The smallest absolute Gasteiger partial charge is 0.240 e. The number of para-hydroxylation sites is 6. The number of hydrogen-bond donors (Lipinski definition) is 0. The van der Waals surface area contributed by atoms with Crippen LogP contribution in [0.4, 0.5) is 0 Å². The maximum absolute atomic E-state index is 5.42. The van der Waals surface area contributed by atoms with Crippen molar-refractivity contribution in [3.63, 3.8) is 0 Å². The van der Waals surface area contributed by atoms with Crippen molar-refractivity contribution in [1.82, 2.24) is 38.2 Å². The normalized spacial score (nSPS) is 12.1. The lowest BCUT2D eigenvalue weighted by Gasteiger charge is -2.13. The molecule has 0 fully saturated rings. The van der Waals surface area contributed by atoms with Crippen molar-refractivity contribution in [1.29, 1.82) is 0 Å². The van der Waals surface area contributed by atoms with Gasteiger partial charge < -0.3 is 9.13 Å². The highest BCUT2D eigenvalue weighted by atomic mass is 15.3. The Morgan fingerprint density at radius 1 is 0.266 bits per heavy atom. The molecule has 0 amide bonds. The monoisotopic (exact) mass is 818 g/mol. The molecule has 0 saturated carbocycles. The summed E-state index contributed by atoms with van der Waals surface area (Å²) in [5.74, 6) is 1.50. The van der Waals surface area contributed by atoms with Gasteiger partial charge in [0.15, 0.2) is 5.82 Å². The van der Waals surface area contributed by atoms with Crippen molar-refractivity contribution >= 4 is 87.2 Å². The molecule has 0 bridgehead atoms. The Morgan fingerprint density at radius 2 is 0.594 bits per heavy atom. The Kier molecular flexibility index (Phi) is 7.23. The number of pyridine rings is 1. The second kappa shape index (κ2) is 13.3. The predicted octanol–water partition coefficient (Wildman–Crippen LogP) is 13.3. The van der Waals surface area contributed by atoms with Crippen LogP contribution in [-0.2, 0) is 0 Å². The fourth-order valence-corrected chi connectivity index (χ4v) is 10.2. The number of aromatic nitrogens is 8. The Hall–Kier alpha value is -8.88. The number of nitrogens with zero attached hydrogens (tertiary/aromatic N) is 8. The van der Waals surface area contributed by atoms with Crippen LogP contribution in [-0.4, -0.2) is 38.2 Å². The van der Waals surface area contributed by atoms with Gasteiger partial charge in [0.05, 0.1) is 44.1 Å². The first-order chi connectivity index (χ1) is 31.8. The predicted molar refractivity (Wildman–Crippen MR) is 260 cm³/mol. The first kappa shape index (κ1) is 34.8. The van der Waals surface area contributed by atoms with E-state index >= 15 is 0 Å². The van der Waals surface area contributed by atoms with E-state index < -0.39 is 0 Å². The van der Waals surface area contributed by atoms with Crippen LogP contribution >= 0.6 is 0 Å². The Bertz CT molecular complexity index is 3850. The highest BCUT2D eigenvalue weighted by molar-refractivity contribution is 6.14. The van der Waals surface area contributed by atoms with E-state index in [0.29, 0.717) is 23.4 Å². The van der Waals surface area contributed by atoms with Crippen LogP contribution < -0.4 is 0 Å². The molecule has 64 heavy (non-hydrogen) atoms. The summed E-state index contributed by atoms with van der Waals surface area (Å²) in [6.07, 6.45) is 1.78. The third kappa shape index (κ3) is 4.93. The van der Waals surface area contributed by atoms with Crippen LogP contribution in [0.5, 0.6) is 0 Å². The summed E-state index contributed by atoms with van der Waals surface area (Å²) < 4.78 is 9.08. The van der Waals surface area contributed by atoms with E-state index in [0.717, 1.165) is 55.0 Å². The lowest BCUT2D eigenvalue weighted by atomic mass is 10.1. The van der Waals surface area contributed by atoms with Crippen LogP contribution in [0, 0.1) is 0 Å². The fraction of sp³-hybridized carbons (Fsp3) is 0. The van der Waals surface area contributed by atoms with Gasteiger partial charge in [-0.3, -0.25) is 14.1 Å². The summed E-state index contributed by atoms with van der Waals surface area (Å²) in [6.45, 7) is 0. The highest BCUT2D eigenvalue weighted by Gasteiger charge is 2.23. The average molecular weight is 819 g/mol. The van der Waals surface area contributed by atoms with E-state index in [2.05, 4.69) is 200 Å². The molecule has 0 aliphatic heterocycles. The van der Waals surface area contributed by atoms with Crippen molar-refractivity contribution in [3.8, 4) is 34.8 Å². The van der Waals surface area contributed by atoms with Gasteiger partial charge in [-0.15, -0.1) is 0 Å². The summed E-state index contributed by atoms with van der Waals surface area (Å²) in [5.41, 5.74) is 11.5. The Labute approximate surface area is 365 Å². The minimum absolute atomic E-state index is 0.487. The van der Waals surface area contributed by atoms with Gasteiger partial charge in [0.25, 0.3) is 0 Å². The molecule has 14 rings (SSSR count). The second-order valence-electron chi connectivity index (χ2n) is 16.3. The van der Waals surface area contributed by atoms with Gasteiger partial charge in [-0.05, 0) is 84.9 Å². The van der Waals surface area contributed by atoms with Gasteiger partial charge >= 0.3 is 0 Å². The standard InChI is InChI=1S/C56H34N8/c1-7-22-46-37(15-1)38-16-2-8-23-47(38)61(46)35-28-30-52-43(33-35)41-19-5-11-26-50(41)63(52)55-58-54(45-21-13-14-32-57-45)59-56(60-55)64-51-27-12-6-20-42(51)44-34-36(29-31-53(44)64)62-48-24-9-3-17-39(48)40-18-4-10-25-49(40)62/h1-34H. The molecule has 6 aromatic heterocycles. The molecular formula is C56H34N8. The van der Waals surface area contributed by atoms with E-state index in [1.54, 1.807) is 6.20 Å². The summed E-state index contributed by atoms with van der Waals surface area (Å²) in [6, 6.07) is 70.8. The first-order valence-electron chi connectivity index (χ1n) is 21.5. The molecule has 6 heterocycles. The van der Waals surface area contributed by atoms with Crippen molar-refractivity contribution in [2.45, 2.75) is 0 Å². The molecule has 298 valence electrons. The summed E-state index contributed by atoms with van der Waals surface area (Å²) in [4.78, 5) is 20.6. The number of hydrogen-bond acceptors (Lipinski definition) is 4. The maximum Gasteiger partial charge on any atom is 0.240 e. The van der Waals surface area contributed by atoms with E-state index in [1.165, 1.54) is 43.6 Å². The Morgan fingerprint density at radius 3 is 0.969 bits per heavy atom. The second-order valence-corrected chi connectivity index (χ2v) is 16.3. The third-order valence-corrected chi connectivity index (χ3v) is 12.9. The topological polar surface area (TPSA) is 71.3 Å². The largest absolute Gasteiger partial charge is 0.309 e. The number of fused-ring (bicyclic) bond motifs is 12. The quantitative estimate of drug-likeness (QED) is 0.173. The van der Waals surface area contributed by atoms with E-state index in [1.807, 2.05) is 18.2 Å². The molecule has 0 saturated heterocycles. The summed E-state index contributed by atoms with van der Waals surface area (Å²) in [7, 11) is 0. The zero-order valence-electron chi connectivity index (χ0n) is 34.2. The lowest BCUT2D eigenvalue weighted by Crippen LogP contribution is -2.10. The number of benzene rings is 8. The Balaban J connectivity index is 1.01. The van der Waals surface area contributed by atoms with Gasteiger partial charge in [-0.2, -0.15) is 15.0 Å². The molecule has 0 N–H and O–H groups in total. The number of rotatable bonds is 5. The summed E-state index contributed by atoms with van der Waals surface area (Å²) in [5, 5.41) is 9.34. The molecule has 14 aromatic rings. The van der Waals surface area contributed by atoms with Crippen molar-refractivity contribution in [3.05, 3.63) is 206 Å². The fourth-order valence-electron chi connectivity index (χ4n) is 10.2. The van der Waals surface area contributed by atoms with E-state index in [-0.39, 0.29) is 0 Å². The van der Waals surface area contributed by atoms with Gasteiger partial charge in [0.1, 0.15) is 5.69 Å². The molecule has 0 radical (unpaired) electrons. The molecule has 0 spiro atoms. The van der Waals surface area contributed by atoms with Crippen LogP contribution in [0.25, 0.3) is 122 Å². The van der Waals surface area contributed by atoms with Gasteiger partial charge in [0.2, 0.25) is 11.9 Å². The van der Waals surface area contributed by atoms with Crippen LogP contribution in [0.3, 0.4) is 0 Å². The average Bonchev–Trinajstić information content (AvgIpc) is 4.09. The molecule has 8 nitrogen and oxygen atoms in total. The third-order valence-electron chi connectivity index (χ3n) is 12.9. The molecule has 8 aromatic carbocycles. The molecule has 0 aliphatic carbocycles. The zero-order valence-corrected chi connectivity index (χ0v) is 34.2. The zero-order chi connectivity index (χ0) is 41.9. The van der Waals surface area contributed by atoms with Crippen LogP contribution in [0.15, 0.2) is 206 Å². The summed E-state index contributed by atoms with van der Waals surface area (Å²) >= 11 is 0. The molecule has 8 heteroatoms. The van der Waals surface area contributed by atoms with E-state index in [9.17, 15) is 0 Å². The minimum Gasteiger partial charge on any atom is -0.309 e. The minimum atomic E-state index is 0.487. The van der Waals surface area contributed by atoms with E-state index in [4.69, 9.17) is 19.9 Å². The first-order valence-corrected chi connectivity index (χ1v) is 21.5.